The van der Waals surface area contributed by atoms with E-state index in [1.54, 1.807) is 12.3 Å². The zero-order valence-electron chi connectivity index (χ0n) is 13.1. The molecule has 2 aromatic rings. The number of pyridine rings is 1. The van der Waals surface area contributed by atoms with Crippen LogP contribution in [0.4, 0.5) is 11.4 Å². The van der Waals surface area contributed by atoms with Crippen LogP contribution in [0.25, 0.3) is 0 Å². The minimum absolute atomic E-state index is 0.0507. The zero-order valence-corrected chi connectivity index (χ0v) is 13.1. The average Bonchev–Trinajstić information content (AvgIpc) is 2.62. The summed E-state index contributed by atoms with van der Waals surface area (Å²) in [6, 6.07) is 10.5. The molecule has 0 unspecified atom stereocenters. The number of hydrogen-bond acceptors (Lipinski definition) is 6. The molecule has 0 atom stereocenters. The second-order valence-electron chi connectivity index (χ2n) is 5.70. The number of rotatable bonds is 4. The first-order valence-corrected chi connectivity index (χ1v) is 7.72. The van der Waals surface area contributed by atoms with Crippen LogP contribution in [0.15, 0.2) is 42.7 Å². The second-order valence-corrected chi connectivity index (χ2v) is 5.70. The monoisotopic (exact) mass is 323 g/mol. The summed E-state index contributed by atoms with van der Waals surface area (Å²) in [5, 5.41) is 20.3. The molecular weight excluding hydrogens is 306 g/mol. The molecule has 3 rings (SSSR count). The summed E-state index contributed by atoms with van der Waals surface area (Å²) in [5.41, 5.74) is 2.17. The van der Waals surface area contributed by atoms with Crippen molar-refractivity contribution >= 4 is 11.4 Å². The van der Waals surface area contributed by atoms with Gasteiger partial charge in [-0.15, -0.1) is 0 Å². The van der Waals surface area contributed by atoms with Crippen molar-refractivity contribution in [2.45, 2.75) is 6.54 Å². The summed E-state index contributed by atoms with van der Waals surface area (Å²) in [6.45, 7) is 3.82. The smallest absolute Gasteiger partial charge is 0.292 e. The Morgan fingerprint density at radius 3 is 2.67 bits per heavy atom. The van der Waals surface area contributed by atoms with Gasteiger partial charge in [-0.25, -0.2) is 0 Å². The highest BCUT2D eigenvalue weighted by Gasteiger charge is 2.24. The van der Waals surface area contributed by atoms with E-state index in [1.165, 1.54) is 12.1 Å². The van der Waals surface area contributed by atoms with Crippen molar-refractivity contribution in [1.82, 2.24) is 9.88 Å². The number of nitrogens with zero attached hydrogens (tertiary/aromatic N) is 5. The van der Waals surface area contributed by atoms with Crippen molar-refractivity contribution in [2.24, 2.45) is 0 Å². The van der Waals surface area contributed by atoms with Crippen LogP contribution in [0.1, 0.15) is 11.1 Å². The average molecular weight is 323 g/mol. The molecule has 1 fully saturated rings. The van der Waals surface area contributed by atoms with Gasteiger partial charge in [0.25, 0.3) is 5.69 Å². The molecule has 1 saturated heterocycles. The number of anilines is 1. The molecule has 1 aliphatic rings. The maximum atomic E-state index is 11.2. The van der Waals surface area contributed by atoms with E-state index >= 15 is 0 Å². The summed E-state index contributed by atoms with van der Waals surface area (Å²) in [6.07, 6.45) is 3.61. The molecule has 7 heteroatoms. The molecule has 2 heterocycles. The number of nitro groups is 1. The van der Waals surface area contributed by atoms with E-state index < -0.39 is 4.92 Å². The topological polar surface area (TPSA) is 86.3 Å². The lowest BCUT2D eigenvalue weighted by molar-refractivity contribution is -0.384. The molecule has 0 bridgehead atoms. The molecule has 7 nitrogen and oxygen atoms in total. The van der Waals surface area contributed by atoms with Gasteiger partial charge in [0, 0.05) is 51.2 Å². The molecule has 122 valence electrons. The SMILES string of the molecule is N#Cc1ccc([N+](=O)[O-])c(N2CCN(Cc3cccnc3)CC2)c1. The molecule has 0 spiro atoms. The van der Waals surface area contributed by atoms with Gasteiger partial charge in [0.05, 0.1) is 16.6 Å². The maximum Gasteiger partial charge on any atom is 0.292 e. The first kappa shape index (κ1) is 15.9. The Bertz CT molecular complexity index is 764. The fourth-order valence-electron chi connectivity index (χ4n) is 2.90. The highest BCUT2D eigenvalue weighted by Crippen LogP contribution is 2.30. The van der Waals surface area contributed by atoms with Gasteiger partial charge in [0.2, 0.25) is 0 Å². The van der Waals surface area contributed by atoms with Gasteiger partial charge >= 0.3 is 0 Å². The quantitative estimate of drug-likeness (QED) is 0.633. The summed E-state index contributed by atoms with van der Waals surface area (Å²) >= 11 is 0. The summed E-state index contributed by atoms with van der Waals surface area (Å²) in [7, 11) is 0. The van der Waals surface area contributed by atoms with Crippen molar-refractivity contribution in [3.8, 4) is 6.07 Å². The normalized spacial score (nSPS) is 15.0. The first-order chi connectivity index (χ1) is 11.7. The van der Waals surface area contributed by atoms with Crippen molar-refractivity contribution < 1.29 is 4.92 Å². The predicted molar refractivity (Wildman–Crippen MR) is 89.5 cm³/mol. The minimum atomic E-state index is -0.390. The number of nitriles is 1. The lowest BCUT2D eigenvalue weighted by Gasteiger charge is -2.35. The largest absolute Gasteiger partial charge is 0.363 e. The highest BCUT2D eigenvalue weighted by molar-refractivity contribution is 5.66. The Morgan fingerprint density at radius 1 is 1.25 bits per heavy atom. The fraction of sp³-hybridized carbons (Fsp3) is 0.294. The highest BCUT2D eigenvalue weighted by atomic mass is 16.6. The Labute approximate surface area is 139 Å². The van der Waals surface area contributed by atoms with Crippen molar-refractivity contribution in [3.05, 3.63) is 64.0 Å². The van der Waals surface area contributed by atoms with Crippen molar-refractivity contribution in [1.29, 1.82) is 5.26 Å². The van der Waals surface area contributed by atoms with E-state index in [4.69, 9.17) is 5.26 Å². The van der Waals surface area contributed by atoms with Crippen LogP contribution >= 0.6 is 0 Å². The Hall–Kier alpha value is -2.98. The van der Waals surface area contributed by atoms with Crippen LogP contribution < -0.4 is 4.90 Å². The third kappa shape index (κ3) is 3.50. The van der Waals surface area contributed by atoms with Gasteiger partial charge in [-0.2, -0.15) is 5.26 Å². The maximum absolute atomic E-state index is 11.2. The number of piperazine rings is 1. The Balaban J connectivity index is 1.70. The fourth-order valence-corrected chi connectivity index (χ4v) is 2.90. The molecule has 0 radical (unpaired) electrons. The molecule has 1 aromatic carbocycles. The van der Waals surface area contributed by atoms with E-state index in [9.17, 15) is 10.1 Å². The third-order valence-electron chi connectivity index (χ3n) is 4.14. The van der Waals surface area contributed by atoms with Crippen molar-refractivity contribution in [2.75, 3.05) is 31.1 Å². The van der Waals surface area contributed by atoms with Gasteiger partial charge in [-0.05, 0) is 23.8 Å². The standard InChI is InChI=1S/C17H17N5O2/c18-11-14-3-4-16(22(23)24)17(10-14)21-8-6-20(7-9-21)13-15-2-1-5-19-12-15/h1-5,10,12H,6-9,13H2. The van der Waals surface area contributed by atoms with E-state index in [1.807, 2.05) is 29.3 Å². The molecule has 24 heavy (non-hydrogen) atoms. The summed E-state index contributed by atoms with van der Waals surface area (Å²) < 4.78 is 0. The van der Waals surface area contributed by atoms with Crippen LogP contribution in [0.3, 0.4) is 0 Å². The molecule has 0 aliphatic carbocycles. The lowest BCUT2D eigenvalue weighted by Crippen LogP contribution is -2.46. The molecule has 1 aromatic heterocycles. The van der Waals surface area contributed by atoms with Crippen LogP contribution in [-0.4, -0.2) is 41.0 Å². The van der Waals surface area contributed by atoms with E-state index in [2.05, 4.69) is 9.88 Å². The molecular formula is C17H17N5O2. The van der Waals surface area contributed by atoms with Gasteiger partial charge < -0.3 is 4.90 Å². The zero-order chi connectivity index (χ0) is 16.9. The molecule has 0 saturated carbocycles. The Morgan fingerprint density at radius 2 is 2.04 bits per heavy atom. The summed E-state index contributed by atoms with van der Waals surface area (Å²) in [5.74, 6) is 0. The Kier molecular flexibility index (Phi) is 4.68. The molecule has 0 N–H and O–H groups in total. The van der Waals surface area contributed by atoms with Crippen LogP contribution in [-0.2, 0) is 6.54 Å². The third-order valence-corrected chi connectivity index (χ3v) is 4.14. The van der Waals surface area contributed by atoms with Crippen LogP contribution in [0.2, 0.25) is 0 Å². The number of aromatic nitrogens is 1. The molecule has 1 aliphatic heterocycles. The number of hydrogen-bond donors (Lipinski definition) is 0. The number of benzene rings is 1. The predicted octanol–water partition coefficient (Wildman–Crippen LogP) is 2.18. The number of nitro benzene ring substituents is 1. The van der Waals surface area contributed by atoms with E-state index in [0.29, 0.717) is 24.3 Å². The summed E-state index contributed by atoms with van der Waals surface area (Å²) in [4.78, 5) is 19.3. The van der Waals surface area contributed by atoms with Crippen LogP contribution in [0, 0.1) is 21.4 Å². The van der Waals surface area contributed by atoms with Crippen LogP contribution in [0.5, 0.6) is 0 Å². The lowest BCUT2D eigenvalue weighted by atomic mass is 10.1. The first-order valence-electron chi connectivity index (χ1n) is 7.72. The molecule has 0 amide bonds. The van der Waals surface area contributed by atoms with E-state index in [0.717, 1.165) is 25.2 Å². The van der Waals surface area contributed by atoms with Gasteiger partial charge in [0.15, 0.2) is 0 Å². The van der Waals surface area contributed by atoms with E-state index in [-0.39, 0.29) is 5.69 Å². The minimum Gasteiger partial charge on any atom is -0.363 e. The second kappa shape index (κ2) is 7.06. The van der Waals surface area contributed by atoms with Gasteiger partial charge in [0.1, 0.15) is 5.69 Å². The van der Waals surface area contributed by atoms with Gasteiger partial charge in [-0.1, -0.05) is 6.07 Å². The van der Waals surface area contributed by atoms with Gasteiger partial charge in [-0.3, -0.25) is 20.0 Å². The van der Waals surface area contributed by atoms with Crippen molar-refractivity contribution in [3.63, 3.8) is 0 Å².